The first kappa shape index (κ1) is 14.0. The molecule has 0 bridgehead atoms. The van der Waals surface area contributed by atoms with Gasteiger partial charge in [-0.15, -0.1) is 0 Å². The van der Waals surface area contributed by atoms with E-state index in [1.54, 1.807) is 0 Å². The van der Waals surface area contributed by atoms with E-state index in [2.05, 4.69) is 12.1 Å². The van der Waals surface area contributed by atoms with Crippen molar-refractivity contribution in [3.8, 4) is 0 Å². The Balaban J connectivity index is 0.000000605. The van der Waals surface area contributed by atoms with Crippen LogP contribution in [0.1, 0.15) is 0 Å². The molecule has 2 aromatic carbocycles. The summed E-state index contributed by atoms with van der Waals surface area (Å²) in [4.78, 5) is 0. The molecule has 0 aromatic heterocycles. The van der Waals surface area contributed by atoms with Gasteiger partial charge in [-0.25, -0.2) is 22.9 Å². The topological polar surface area (TPSA) is 0 Å². The summed E-state index contributed by atoms with van der Waals surface area (Å²) in [5.41, 5.74) is 0. The van der Waals surface area contributed by atoms with Gasteiger partial charge in [0.1, 0.15) is 0 Å². The van der Waals surface area contributed by atoms with Gasteiger partial charge in [-0.2, -0.15) is 36.4 Å². The third-order valence-corrected chi connectivity index (χ3v) is 1.53. The second kappa shape index (κ2) is 7.29. The molecule has 0 nitrogen and oxygen atoms in total. The molecule has 0 spiro atoms. The zero-order chi connectivity index (χ0) is 6.81. The van der Waals surface area contributed by atoms with E-state index in [1.165, 1.54) is 10.8 Å². The molecule has 0 heterocycles. The summed E-state index contributed by atoms with van der Waals surface area (Å²) in [5.74, 6) is 0. The predicted octanol–water partition coefficient (Wildman–Crippen LogP) is -3.55. The van der Waals surface area contributed by atoms with Gasteiger partial charge in [-0.1, -0.05) is 0 Å². The van der Waals surface area contributed by atoms with Crippen molar-refractivity contribution < 1.29 is 103 Å². The Morgan fingerprint density at radius 3 is 1.58 bits per heavy atom. The zero-order valence-electron chi connectivity index (χ0n) is 7.46. The maximum Gasteiger partial charge on any atom is 1.00 e. The van der Waals surface area contributed by atoms with Crippen molar-refractivity contribution in [2.75, 3.05) is 0 Å². The van der Waals surface area contributed by atoms with Crippen LogP contribution < -0.4 is 103 Å². The normalized spacial score (nSPS) is 8.33. The zero-order valence-corrected chi connectivity index (χ0v) is 13.7. The van der Waals surface area contributed by atoms with Crippen molar-refractivity contribution in [1.29, 1.82) is 0 Å². The Morgan fingerprint density at radius 2 is 1.17 bits per heavy atom. The second-order valence-electron chi connectivity index (χ2n) is 2.20. The molecule has 2 aromatic rings. The van der Waals surface area contributed by atoms with Crippen LogP contribution in [0.2, 0.25) is 0 Å². The first-order valence-electron chi connectivity index (χ1n) is 3.23. The van der Waals surface area contributed by atoms with E-state index in [1.807, 2.05) is 36.4 Å². The maximum absolute atomic E-state index is 3.02. The van der Waals surface area contributed by atoms with E-state index >= 15 is 0 Å². The number of rotatable bonds is 0. The molecule has 0 aliphatic rings. The van der Waals surface area contributed by atoms with Gasteiger partial charge in [0, 0.05) is 0 Å². The molecule has 0 amide bonds. The van der Waals surface area contributed by atoms with Gasteiger partial charge in [0.2, 0.25) is 0 Å². The SMILES string of the molecule is [K+].[K+].[c-]1ccc2c[c-]ccc2c1. The fraction of sp³-hybridized carbons (Fsp3) is 0. The molecule has 0 fully saturated rings. The molecule has 0 saturated carbocycles. The molecule has 48 valence electrons. The molecule has 2 rings (SSSR count). The Labute approximate surface area is 158 Å². The Kier molecular flexibility index (Phi) is 8.49. The summed E-state index contributed by atoms with van der Waals surface area (Å²) >= 11 is 0. The fourth-order valence-corrected chi connectivity index (χ4v) is 1.01. The summed E-state index contributed by atoms with van der Waals surface area (Å²) in [6, 6.07) is 17.9. The van der Waals surface area contributed by atoms with E-state index < -0.39 is 0 Å². The standard InChI is InChI=1S/C10H6.2K/c1-2-6-10-8-4-3-7-9(10)5-1;;/h1,4-8H;;/q-2;2*+1. The Hall–Kier alpha value is 1.97. The summed E-state index contributed by atoms with van der Waals surface area (Å²) in [7, 11) is 0. The molecule has 0 saturated heterocycles. The molecule has 0 aliphatic heterocycles. The van der Waals surface area contributed by atoms with Crippen LogP contribution in [0.15, 0.2) is 36.4 Å². The minimum Gasteiger partial charge on any atom is -0.239 e. The molecule has 2 heteroatoms. The van der Waals surface area contributed by atoms with Crippen molar-refractivity contribution in [2.24, 2.45) is 0 Å². The number of hydrogen-bond donors (Lipinski definition) is 0. The van der Waals surface area contributed by atoms with Gasteiger partial charge in [-0.05, 0) is 0 Å². The van der Waals surface area contributed by atoms with Gasteiger partial charge < -0.3 is 0 Å². The van der Waals surface area contributed by atoms with Crippen LogP contribution >= 0.6 is 0 Å². The average Bonchev–Trinajstić information content (AvgIpc) is 2.05. The molecule has 0 N–H and O–H groups in total. The van der Waals surface area contributed by atoms with Crippen LogP contribution in [0.4, 0.5) is 0 Å². The third kappa shape index (κ3) is 3.61. The first-order valence-corrected chi connectivity index (χ1v) is 3.23. The van der Waals surface area contributed by atoms with Gasteiger partial charge >= 0.3 is 103 Å². The van der Waals surface area contributed by atoms with E-state index in [9.17, 15) is 0 Å². The van der Waals surface area contributed by atoms with Crippen molar-refractivity contribution in [1.82, 2.24) is 0 Å². The first-order chi connectivity index (χ1) is 4.97. The monoisotopic (exact) mass is 204 g/mol. The second-order valence-corrected chi connectivity index (χ2v) is 2.20. The van der Waals surface area contributed by atoms with Gasteiger partial charge in [0.25, 0.3) is 0 Å². The van der Waals surface area contributed by atoms with Crippen molar-refractivity contribution in [2.45, 2.75) is 0 Å². The Morgan fingerprint density at radius 1 is 0.750 bits per heavy atom. The molecular formula is C10H6K2. The van der Waals surface area contributed by atoms with E-state index in [-0.39, 0.29) is 103 Å². The quantitative estimate of drug-likeness (QED) is 0.308. The van der Waals surface area contributed by atoms with Crippen LogP contribution in [0.3, 0.4) is 0 Å². The van der Waals surface area contributed by atoms with E-state index in [0.717, 1.165) is 0 Å². The van der Waals surface area contributed by atoms with Crippen molar-refractivity contribution >= 4 is 10.8 Å². The smallest absolute Gasteiger partial charge is 0.239 e. The average molecular weight is 204 g/mol. The van der Waals surface area contributed by atoms with Crippen LogP contribution in [0, 0.1) is 12.1 Å². The molecular weight excluding hydrogens is 198 g/mol. The summed E-state index contributed by atoms with van der Waals surface area (Å²) in [6.45, 7) is 0. The fourth-order valence-electron chi connectivity index (χ4n) is 1.01. The van der Waals surface area contributed by atoms with E-state index in [0.29, 0.717) is 0 Å². The summed E-state index contributed by atoms with van der Waals surface area (Å²) in [6.07, 6.45) is 0. The van der Waals surface area contributed by atoms with Gasteiger partial charge in [0.05, 0.1) is 0 Å². The van der Waals surface area contributed by atoms with Gasteiger partial charge in [-0.3, -0.25) is 0 Å². The number of benzene rings is 2. The van der Waals surface area contributed by atoms with Crippen LogP contribution in [0.5, 0.6) is 0 Å². The minimum atomic E-state index is 0. The molecule has 12 heavy (non-hydrogen) atoms. The van der Waals surface area contributed by atoms with Crippen LogP contribution in [0.25, 0.3) is 10.8 Å². The molecule has 0 atom stereocenters. The summed E-state index contributed by atoms with van der Waals surface area (Å²) < 4.78 is 0. The molecule has 0 unspecified atom stereocenters. The van der Waals surface area contributed by atoms with Crippen LogP contribution in [-0.4, -0.2) is 0 Å². The van der Waals surface area contributed by atoms with Gasteiger partial charge in [0.15, 0.2) is 0 Å². The number of fused-ring (bicyclic) bond motifs is 1. The largest absolute Gasteiger partial charge is 1.00 e. The number of hydrogen-bond acceptors (Lipinski definition) is 0. The molecule has 0 radical (unpaired) electrons. The van der Waals surface area contributed by atoms with Crippen molar-refractivity contribution in [3.63, 3.8) is 0 Å². The predicted molar refractivity (Wildman–Crippen MR) is 41.6 cm³/mol. The summed E-state index contributed by atoms with van der Waals surface area (Å²) in [5, 5.41) is 2.45. The third-order valence-electron chi connectivity index (χ3n) is 1.53. The van der Waals surface area contributed by atoms with Crippen molar-refractivity contribution in [3.05, 3.63) is 48.5 Å². The maximum atomic E-state index is 3.02. The van der Waals surface area contributed by atoms with E-state index in [4.69, 9.17) is 0 Å². The van der Waals surface area contributed by atoms with Crippen LogP contribution in [-0.2, 0) is 0 Å². The minimum absolute atomic E-state index is 0. The Bertz CT molecular complexity index is 279. The molecule has 0 aliphatic carbocycles.